The smallest absolute Gasteiger partial charge is 0.407 e. The molecule has 2 saturated heterocycles. The summed E-state index contributed by atoms with van der Waals surface area (Å²) >= 11 is 0. The second-order valence-corrected chi connectivity index (χ2v) is 11.0. The first-order chi connectivity index (χ1) is 19.5. The predicted molar refractivity (Wildman–Crippen MR) is 156 cm³/mol. The Morgan fingerprint density at radius 3 is 2.30 bits per heavy atom. The molecule has 8 nitrogen and oxygen atoms in total. The number of amides is 3. The fourth-order valence-electron chi connectivity index (χ4n) is 5.85. The molecule has 0 radical (unpaired) electrons. The van der Waals surface area contributed by atoms with Crippen LogP contribution in [0.25, 0.3) is 0 Å². The van der Waals surface area contributed by atoms with Crippen LogP contribution in [-0.4, -0.2) is 72.0 Å². The second kappa shape index (κ2) is 14.8. The van der Waals surface area contributed by atoms with Crippen LogP contribution in [-0.2, 0) is 27.4 Å². The van der Waals surface area contributed by atoms with E-state index in [9.17, 15) is 14.4 Å². The van der Waals surface area contributed by atoms with Gasteiger partial charge in [-0.05, 0) is 69.0 Å². The molecule has 4 rings (SSSR count). The number of piperazine rings is 1. The van der Waals surface area contributed by atoms with Crippen LogP contribution >= 0.6 is 0 Å². The number of piperidine rings is 1. The summed E-state index contributed by atoms with van der Waals surface area (Å²) in [6, 6.07) is 19.6. The van der Waals surface area contributed by atoms with Crippen LogP contribution < -0.4 is 10.6 Å². The first kappa shape index (κ1) is 29.6. The fraction of sp³-hybridized carbons (Fsp3) is 0.531. The average molecular weight is 549 g/mol. The van der Waals surface area contributed by atoms with Crippen molar-refractivity contribution in [1.29, 1.82) is 0 Å². The number of hydrogen-bond acceptors (Lipinski definition) is 5. The number of hydrogen-bond donors (Lipinski definition) is 2. The number of carbonyl (C=O) groups is 3. The average Bonchev–Trinajstić information content (AvgIpc) is 2.98. The molecule has 3 amide bonds. The van der Waals surface area contributed by atoms with Gasteiger partial charge in [-0.25, -0.2) is 4.79 Å². The van der Waals surface area contributed by atoms with Crippen LogP contribution in [0.1, 0.15) is 63.0 Å². The third kappa shape index (κ3) is 7.84. The number of ether oxygens (including phenoxy) is 1. The summed E-state index contributed by atoms with van der Waals surface area (Å²) in [6.07, 6.45) is 5.85. The summed E-state index contributed by atoms with van der Waals surface area (Å²) in [4.78, 5) is 43.3. The molecule has 2 fully saturated rings. The van der Waals surface area contributed by atoms with E-state index in [1.165, 1.54) is 5.56 Å². The van der Waals surface area contributed by atoms with Crippen molar-refractivity contribution in [2.75, 3.05) is 32.7 Å². The minimum atomic E-state index is -0.733. The number of likely N-dealkylation sites (tertiary alicyclic amines) is 1. The molecule has 0 unspecified atom stereocenters. The predicted octanol–water partition coefficient (Wildman–Crippen LogP) is 4.29. The molecule has 216 valence electrons. The van der Waals surface area contributed by atoms with Gasteiger partial charge in [-0.2, -0.15) is 0 Å². The lowest BCUT2D eigenvalue weighted by Gasteiger charge is -2.51. The van der Waals surface area contributed by atoms with Gasteiger partial charge in [-0.15, -0.1) is 0 Å². The molecule has 40 heavy (non-hydrogen) atoms. The van der Waals surface area contributed by atoms with E-state index in [4.69, 9.17) is 4.74 Å². The lowest BCUT2D eigenvalue weighted by Crippen LogP contribution is -2.72. The van der Waals surface area contributed by atoms with Gasteiger partial charge < -0.3 is 25.2 Å². The van der Waals surface area contributed by atoms with Gasteiger partial charge in [0.2, 0.25) is 11.8 Å². The molecular weight excluding hydrogens is 504 g/mol. The van der Waals surface area contributed by atoms with Gasteiger partial charge in [-0.3, -0.25) is 9.59 Å². The number of rotatable bonds is 13. The Morgan fingerprint density at radius 2 is 1.62 bits per heavy atom. The molecule has 0 saturated carbocycles. The topological polar surface area (TPSA) is 91.0 Å². The van der Waals surface area contributed by atoms with Crippen LogP contribution in [0.2, 0.25) is 0 Å². The lowest BCUT2D eigenvalue weighted by atomic mass is 9.81. The highest BCUT2D eigenvalue weighted by atomic mass is 16.5. The number of benzene rings is 2. The Balaban J connectivity index is 1.19. The molecule has 2 N–H and O–H groups in total. The summed E-state index contributed by atoms with van der Waals surface area (Å²) in [7, 11) is 0. The minimum Gasteiger partial charge on any atom is -0.445 e. The van der Waals surface area contributed by atoms with E-state index in [1.54, 1.807) is 0 Å². The largest absolute Gasteiger partial charge is 0.445 e. The highest BCUT2D eigenvalue weighted by Gasteiger charge is 2.52. The quantitative estimate of drug-likeness (QED) is 0.365. The molecule has 1 spiro atoms. The molecule has 2 aliphatic rings. The summed E-state index contributed by atoms with van der Waals surface area (Å²) in [5.41, 5.74) is 1.56. The number of nitrogens with zero attached hydrogens (tertiary/aromatic N) is 2. The van der Waals surface area contributed by atoms with E-state index in [0.717, 1.165) is 50.9 Å². The maximum atomic E-state index is 13.5. The van der Waals surface area contributed by atoms with Crippen molar-refractivity contribution in [2.24, 2.45) is 0 Å². The van der Waals surface area contributed by atoms with E-state index in [2.05, 4.69) is 46.7 Å². The Hall–Kier alpha value is -3.39. The third-order valence-corrected chi connectivity index (χ3v) is 8.12. The number of unbranched alkanes of at least 4 members (excludes halogenated alkanes) is 1. The number of aryl methyl sites for hydroxylation is 1. The third-order valence-electron chi connectivity index (χ3n) is 8.12. The number of carbonyl (C=O) groups excluding carboxylic acids is 3. The van der Waals surface area contributed by atoms with E-state index in [0.29, 0.717) is 38.8 Å². The van der Waals surface area contributed by atoms with Crippen LogP contribution in [0.3, 0.4) is 0 Å². The lowest BCUT2D eigenvalue weighted by molar-refractivity contribution is -0.161. The molecular formula is C32H44N4O4. The van der Waals surface area contributed by atoms with Crippen LogP contribution in [0.4, 0.5) is 4.79 Å². The van der Waals surface area contributed by atoms with Crippen molar-refractivity contribution in [3.63, 3.8) is 0 Å². The monoisotopic (exact) mass is 548 g/mol. The van der Waals surface area contributed by atoms with Crippen LogP contribution in [0, 0.1) is 0 Å². The van der Waals surface area contributed by atoms with Crippen molar-refractivity contribution in [1.82, 2.24) is 20.4 Å². The molecule has 2 heterocycles. The van der Waals surface area contributed by atoms with Crippen LogP contribution in [0.5, 0.6) is 0 Å². The van der Waals surface area contributed by atoms with E-state index < -0.39 is 17.7 Å². The molecule has 0 aromatic heterocycles. The first-order valence-corrected chi connectivity index (χ1v) is 14.8. The first-order valence-electron chi connectivity index (χ1n) is 14.8. The van der Waals surface area contributed by atoms with Crippen molar-refractivity contribution >= 4 is 17.9 Å². The summed E-state index contributed by atoms with van der Waals surface area (Å²) < 4.78 is 5.24. The normalized spacial score (nSPS) is 18.9. The van der Waals surface area contributed by atoms with E-state index in [-0.39, 0.29) is 18.4 Å². The summed E-state index contributed by atoms with van der Waals surface area (Å²) in [5, 5.41) is 5.84. The number of alkyl carbamates (subject to hydrolysis) is 1. The van der Waals surface area contributed by atoms with Gasteiger partial charge in [0.15, 0.2) is 0 Å². The zero-order valence-electron chi connectivity index (χ0n) is 23.8. The van der Waals surface area contributed by atoms with Crippen LogP contribution in [0.15, 0.2) is 60.7 Å². The van der Waals surface area contributed by atoms with Crippen molar-refractivity contribution < 1.29 is 19.1 Å². The Bertz CT molecular complexity index is 1090. The highest BCUT2D eigenvalue weighted by Crippen LogP contribution is 2.34. The molecule has 2 aromatic carbocycles. The Kier molecular flexibility index (Phi) is 11.0. The SMILES string of the molecule is CCCN1C(=O)[C@@H](CCCCNC(=O)OCc2ccccc2)NC(=O)C12CCN(CCCc1ccccc1)CC2. The van der Waals surface area contributed by atoms with Gasteiger partial charge in [0.25, 0.3) is 0 Å². The van der Waals surface area contributed by atoms with Gasteiger partial charge in [0.1, 0.15) is 18.2 Å². The highest BCUT2D eigenvalue weighted by molar-refractivity contribution is 6.00. The number of nitrogens with one attached hydrogen (secondary N) is 2. The van der Waals surface area contributed by atoms with Crippen molar-refractivity contribution in [2.45, 2.75) is 76.5 Å². The van der Waals surface area contributed by atoms with Gasteiger partial charge >= 0.3 is 6.09 Å². The van der Waals surface area contributed by atoms with E-state index in [1.807, 2.05) is 41.3 Å². The van der Waals surface area contributed by atoms with Crippen molar-refractivity contribution in [3.05, 3.63) is 71.8 Å². The second-order valence-electron chi connectivity index (χ2n) is 11.0. The Labute approximate surface area is 238 Å². The van der Waals surface area contributed by atoms with Gasteiger partial charge in [-0.1, -0.05) is 67.6 Å². The Morgan fingerprint density at radius 1 is 0.950 bits per heavy atom. The molecule has 8 heteroatoms. The van der Waals surface area contributed by atoms with Gasteiger partial charge in [0, 0.05) is 26.2 Å². The van der Waals surface area contributed by atoms with Crippen molar-refractivity contribution in [3.8, 4) is 0 Å². The van der Waals surface area contributed by atoms with Gasteiger partial charge in [0.05, 0.1) is 0 Å². The minimum absolute atomic E-state index is 0.00268. The molecule has 2 aliphatic heterocycles. The standard InChI is InChI=1S/C32H44N4O4/c1-2-21-36-29(37)28(17-9-10-20-33-31(39)40-25-27-14-7-4-8-15-27)34-30(38)32(36)18-23-35(24-19-32)22-11-16-26-12-5-3-6-13-26/h3-8,12-15,28H,2,9-11,16-25H2,1H3,(H,33,39)(H,34,38)/t28-/m1/s1. The summed E-state index contributed by atoms with van der Waals surface area (Å²) in [5.74, 6) is 0.0336. The maximum Gasteiger partial charge on any atom is 0.407 e. The zero-order chi connectivity index (χ0) is 28.2. The molecule has 0 bridgehead atoms. The van der Waals surface area contributed by atoms with E-state index >= 15 is 0 Å². The molecule has 0 aliphatic carbocycles. The fourth-order valence-corrected chi connectivity index (χ4v) is 5.85. The summed E-state index contributed by atoms with van der Waals surface area (Å²) in [6.45, 7) is 6.01. The molecule has 1 atom stereocenters. The molecule has 2 aromatic rings. The zero-order valence-corrected chi connectivity index (χ0v) is 23.8. The maximum absolute atomic E-state index is 13.5.